The van der Waals surface area contributed by atoms with E-state index in [4.69, 9.17) is 11.6 Å². The van der Waals surface area contributed by atoms with Crippen molar-refractivity contribution >= 4 is 27.5 Å². The molecule has 94 valence electrons. The summed E-state index contributed by atoms with van der Waals surface area (Å²) < 4.78 is 0.984. The van der Waals surface area contributed by atoms with Gasteiger partial charge in [-0.25, -0.2) is 0 Å². The summed E-state index contributed by atoms with van der Waals surface area (Å²) in [6.45, 7) is 2.97. The Bertz CT molecular complexity index is 451. The van der Waals surface area contributed by atoms with Gasteiger partial charge in [-0.15, -0.1) is 0 Å². The van der Waals surface area contributed by atoms with Crippen LogP contribution in [0.25, 0.3) is 0 Å². The molecule has 18 heavy (non-hydrogen) atoms. The molecular formula is C14H14BrClN2. The fourth-order valence-electron chi connectivity index (χ4n) is 1.81. The number of hydrogen-bond donors (Lipinski definition) is 1. The van der Waals surface area contributed by atoms with Crippen LogP contribution in [0.1, 0.15) is 24.2 Å². The normalized spacial score (nSPS) is 12.4. The van der Waals surface area contributed by atoms with Crippen LogP contribution in [-0.4, -0.2) is 11.5 Å². The van der Waals surface area contributed by atoms with Gasteiger partial charge in [0.05, 0.1) is 11.7 Å². The highest BCUT2D eigenvalue weighted by Gasteiger charge is 2.13. The van der Waals surface area contributed by atoms with Gasteiger partial charge < -0.3 is 5.32 Å². The van der Waals surface area contributed by atoms with Crippen LogP contribution in [0.3, 0.4) is 0 Å². The van der Waals surface area contributed by atoms with Crippen molar-refractivity contribution < 1.29 is 0 Å². The molecule has 0 fully saturated rings. The van der Waals surface area contributed by atoms with Gasteiger partial charge in [0.2, 0.25) is 0 Å². The van der Waals surface area contributed by atoms with E-state index < -0.39 is 0 Å². The van der Waals surface area contributed by atoms with Crippen LogP contribution >= 0.6 is 27.5 Å². The van der Waals surface area contributed by atoms with Gasteiger partial charge in [0.25, 0.3) is 0 Å². The maximum absolute atomic E-state index is 5.92. The van der Waals surface area contributed by atoms with Crippen LogP contribution in [-0.2, 0) is 0 Å². The van der Waals surface area contributed by atoms with Gasteiger partial charge in [-0.05, 0) is 52.3 Å². The molecule has 0 aliphatic heterocycles. The van der Waals surface area contributed by atoms with Gasteiger partial charge in [-0.3, -0.25) is 4.98 Å². The van der Waals surface area contributed by atoms with Crippen molar-refractivity contribution in [3.05, 3.63) is 63.3 Å². The summed E-state index contributed by atoms with van der Waals surface area (Å²) in [7, 11) is 0. The first kappa shape index (κ1) is 13.5. The van der Waals surface area contributed by atoms with E-state index in [1.54, 1.807) is 0 Å². The Morgan fingerprint density at radius 1 is 1.22 bits per heavy atom. The van der Waals surface area contributed by atoms with E-state index in [0.717, 1.165) is 27.3 Å². The molecule has 1 atom stereocenters. The van der Waals surface area contributed by atoms with Crippen LogP contribution in [0.4, 0.5) is 0 Å². The van der Waals surface area contributed by atoms with Crippen LogP contribution < -0.4 is 5.32 Å². The molecule has 0 aliphatic carbocycles. The third-order valence-corrected chi connectivity index (χ3v) is 3.38. The number of halogens is 2. The molecule has 2 rings (SSSR count). The largest absolute Gasteiger partial charge is 0.305 e. The van der Waals surface area contributed by atoms with E-state index in [1.165, 1.54) is 0 Å². The average molecular weight is 326 g/mol. The van der Waals surface area contributed by atoms with E-state index >= 15 is 0 Å². The summed E-state index contributed by atoms with van der Waals surface area (Å²) >= 11 is 9.32. The van der Waals surface area contributed by atoms with Gasteiger partial charge in [-0.2, -0.15) is 0 Å². The Labute approximate surface area is 121 Å². The maximum Gasteiger partial charge on any atom is 0.0751 e. The second-order valence-electron chi connectivity index (χ2n) is 3.94. The summed E-state index contributed by atoms with van der Waals surface area (Å²) in [5.41, 5.74) is 2.17. The zero-order valence-corrected chi connectivity index (χ0v) is 12.4. The zero-order chi connectivity index (χ0) is 13.0. The van der Waals surface area contributed by atoms with Crippen LogP contribution in [0.5, 0.6) is 0 Å². The van der Waals surface area contributed by atoms with Crippen LogP contribution in [0, 0.1) is 0 Å². The van der Waals surface area contributed by atoms with Crippen molar-refractivity contribution in [2.24, 2.45) is 0 Å². The van der Waals surface area contributed by atoms with E-state index in [2.05, 4.69) is 33.2 Å². The Kier molecular flexibility index (Phi) is 4.75. The fourth-order valence-corrected chi connectivity index (χ4v) is 2.17. The van der Waals surface area contributed by atoms with E-state index in [-0.39, 0.29) is 6.04 Å². The second-order valence-corrected chi connectivity index (χ2v) is 5.30. The van der Waals surface area contributed by atoms with Crippen molar-refractivity contribution in [1.29, 1.82) is 0 Å². The molecule has 0 spiro atoms. The monoisotopic (exact) mass is 324 g/mol. The molecule has 1 aromatic carbocycles. The maximum atomic E-state index is 5.92. The van der Waals surface area contributed by atoms with Gasteiger partial charge in [0.1, 0.15) is 0 Å². The molecule has 0 saturated heterocycles. The number of nitrogens with one attached hydrogen (secondary N) is 1. The van der Waals surface area contributed by atoms with Gasteiger partial charge >= 0.3 is 0 Å². The number of nitrogens with zero attached hydrogens (tertiary/aromatic N) is 1. The zero-order valence-electron chi connectivity index (χ0n) is 10.0. The standard InChI is InChI=1S/C14H14BrClN2/c1-2-17-14(10-3-6-12(16)7-4-10)13-8-5-11(15)9-18-13/h3-9,14,17H,2H2,1H3. The molecule has 4 heteroatoms. The number of pyridine rings is 1. The predicted molar refractivity (Wildman–Crippen MR) is 78.9 cm³/mol. The SMILES string of the molecule is CCNC(c1ccc(Cl)cc1)c1ccc(Br)cn1. The number of benzene rings is 1. The lowest BCUT2D eigenvalue weighted by molar-refractivity contribution is 0.615. The quantitative estimate of drug-likeness (QED) is 0.911. The first-order valence-corrected chi connectivity index (χ1v) is 6.98. The third kappa shape index (κ3) is 3.31. The van der Waals surface area contributed by atoms with E-state index in [1.807, 2.05) is 42.6 Å². The molecule has 1 heterocycles. The van der Waals surface area contributed by atoms with Crippen molar-refractivity contribution in [3.8, 4) is 0 Å². The Balaban J connectivity index is 2.33. The first-order chi connectivity index (χ1) is 8.70. The fraction of sp³-hybridized carbons (Fsp3) is 0.214. The smallest absolute Gasteiger partial charge is 0.0751 e. The van der Waals surface area contributed by atoms with E-state index in [0.29, 0.717) is 0 Å². The summed E-state index contributed by atoms with van der Waals surface area (Å²) in [6.07, 6.45) is 1.82. The predicted octanol–water partition coefficient (Wildman–Crippen LogP) is 4.20. The Hall–Kier alpha value is -0.900. The summed E-state index contributed by atoms with van der Waals surface area (Å²) in [6, 6.07) is 12.0. The Morgan fingerprint density at radius 3 is 2.50 bits per heavy atom. The van der Waals surface area contributed by atoms with Gasteiger partial charge in [0, 0.05) is 15.7 Å². The molecule has 0 aliphatic rings. The van der Waals surface area contributed by atoms with Crippen molar-refractivity contribution in [2.75, 3.05) is 6.54 Å². The molecular weight excluding hydrogens is 312 g/mol. The lowest BCUT2D eigenvalue weighted by atomic mass is 10.0. The minimum atomic E-state index is 0.0976. The topological polar surface area (TPSA) is 24.9 Å². The van der Waals surface area contributed by atoms with Crippen molar-refractivity contribution in [2.45, 2.75) is 13.0 Å². The average Bonchev–Trinajstić information content (AvgIpc) is 2.39. The number of hydrogen-bond acceptors (Lipinski definition) is 2. The highest BCUT2D eigenvalue weighted by molar-refractivity contribution is 9.10. The minimum Gasteiger partial charge on any atom is -0.305 e. The molecule has 1 aromatic heterocycles. The summed E-state index contributed by atoms with van der Waals surface area (Å²) in [4.78, 5) is 4.45. The first-order valence-electron chi connectivity index (χ1n) is 5.81. The highest BCUT2D eigenvalue weighted by Crippen LogP contribution is 2.23. The summed E-state index contributed by atoms with van der Waals surface area (Å²) in [5.74, 6) is 0. The van der Waals surface area contributed by atoms with Crippen LogP contribution in [0.2, 0.25) is 5.02 Å². The van der Waals surface area contributed by atoms with Crippen LogP contribution in [0.15, 0.2) is 47.1 Å². The molecule has 0 amide bonds. The molecule has 1 N–H and O–H groups in total. The van der Waals surface area contributed by atoms with Crippen molar-refractivity contribution in [3.63, 3.8) is 0 Å². The van der Waals surface area contributed by atoms with Gasteiger partial charge in [0.15, 0.2) is 0 Å². The highest BCUT2D eigenvalue weighted by atomic mass is 79.9. The van der Waals surface area contributed by atoms with Crippen molar-refractivity contribution in [1.82, 2.24) is 10.3 Å². The lowest BCUT2D eigenvalue weighted by Gasteiger charge is -2.18. The molecule has 0 radical (unpaired) electrons. The van der Waals surface area contributed by atoms with E-state index in [9.17, 15) is 0 Å². The molecule has 2 aromatic rings. The molecule has 2 nitrogen and oxygen atoms in total. The molecule has 0 bridgehead atoms. The third-order valence-electron chi connectivity index (χ3n) is 2.66. The minimum absolute atomic E-state index is 0.0976. The molecule has 0 saturated carbocycles. The summed E-state index contributed by atoms with van der Waals surface area (Å²) in [5, 5.41) is 4.18. The number of aromatic nitrogens is 1. The number of rotatable bonds is 4. The molecule has 1 unspecified atom stereocenters. The second kappa shape index (κ2) is 6.32. The Morgan fingerprint density at radius 2 is 1.94 bits per heavy atom. The van der Waals surface area contributed by atoms with Gasteiger partial charge in [-0.1, -0.05) is 30.7 Å². The lowest BCUT2D eigenvalue weighted by Crippen LogP contribution is -2.22.